The Kier molecular flexibility index (Phi) is 7.22. The third-order valence-corrected chi connectivity index (χ3v) is 6.23. The van der Waals surface area contributed by atoms with Crippen LogP contribution in [-0.4, -0.2) is 45.6 Å². The molecule has 1 aliphatic heterocycles. The van der Waals surface area contributed by atoms with E-state index in [4.69, 9.17) is 4.74 Å². The predicted molar refractivity (Wildman–Crippen MR) is 97.4 cm³/mol. The number of rotatable bonds is 9. The second-order valence-corrected chi connectivity index (χ2v) is 8.47. The summed E-state index contributed by atoms with van der Waals surface area (Å²) in [6.07, 6.45) is 3.44. The highest BCUT2D eigenvalue weighted by Gasteiger charge is 2.33. The van der Waals surface area contributed by atoms with Crippen LogP contribution in [0.3, 0.4) is 0 Å². The fraction of sp³-hybridized carbons (Fsp3) is 0.667. The lowest BCUT2D eigenvalue weighted by atomic mass is 10.0. The number of ether oxygens (including phenoxy) is 1. The van der Waals surface area contributed by atoms with Crippen LogP contribution >= 0.6 is 0 Å². The summed E-state index contributed by atoms with van der Waals surface area (Å²) in [5, 5.41) is 0. The van der Waals surface area contributed by atoms with Gasteiger partial charge < -0.3 is 4.74 Å². The number of hydrogen-bond donors (Lipinski definition) is 1. The minimum Gasteiger partial charge on any atom is -0.383 e. The predicted octanol–water partition coefficient (Wildman–Crippen LogP) is 2.69. The fourth-order valence-electron chi connectivity index (χ4n) is 3.13. The molecule has 0 aromatic heterocycles. The summed E-state index contributed by atoms with van der Waals surface area (Å²) in [6, 6.07) is 8.56. The van der Waals surface area contributed by atoms with E-state index in [0.717, 1.165) is 25.7 Å². The topological polar surface area (TPSA) is 58.6 Å². The maximum Gasteiger partial charge on any atom is 0.279 e. The van der Waals surface area contributed by atoms with E-state index < -0.39 is 10.2 Å². The molecule has 0 bridgehead atoms. The lowest BCUT2D eigenvalue weighted by Crippen LogP contribution is -2.45. The van der Waals surface area contributed by atoms with Gasteiger partial charge in [0.15, 0.2) is 0 Å². The highest BCUT2D eigenvalue weighted by Crippen LogP contribution is 2.20. The van der Waals surface area contributed by atoms with E-state index in [1.54, 1.807) is 11.4 Å². The molecule has 0 spiro atoms. The Labute approximate surface area is 146 Å². The Morgan fingerprint density at radius 1 is 1.29 bits per heavy atom. The molecular formula is C18H30N2O3S. The average molecular weight is 355 g/mol. The van der Waals surface area contributed by atoms with Crippen LogP contribution in [0.4, 0.5) is 0 Å². The summed E-state index contributed by atoms with van der Waals surface area (Å²) >= 11 is 0. The summed E-state index contributed by atoms with van der Waals surface area (Å²) < 4.78 is 34.2. The Bertz CT molecular complexity index is 599. The van der Waals surface area contributed by atoms with Crippen molar-refractivity contribution in [2.75, 3.05) is 26.8 Å². The van der Waals surface area contributed by atoms with Crippen LogP contribution in [0.2, 0.25) is 0 Å². The molecule has 1 N–H and O–H groups in total. The molecule has 1 aromatic rings. The average Bonchev–Trinajstić information content (AvgIpc) is 3.02. The third-order valence-electron chi connectivity index (χ3n) is 4.56. The molecule has 0 amide bonds. The van der Waals surface area contributed by atoms with E-state index in [0.29, 0.717) is 25.6 Å². The molecule has 1 fully saturated rings. The van der Waals surface area contributed by atoms with Gasteiger partial charge in [0.1, 0.15) is 0 Å². The molecule has 0 radical (unpaired) electrons. The monoisotopic (exact) mass is 354 g/mol. The standard InChI is InChI=1S/C18H30N2O3S/c1-15(2)17-10-8-16(9-11-17)6-4-12-19-24(21,22)20-13-5-7-18(20)14-23-3/h8-11,15,18-19H,4-7,12-14H2,1-3H3. The van der Waals surface area contributed by atoms with Crippen molar-refractivity contribution in [2.45, 2.75) is 51.5 Å². The Morgan fingerprint density at radius 3 is 2.62 bits per heavy atom. The van der Waals surface area contributed by atoms with Crippen molar-refractivity contribution in [1.82, 2.24) is 9.03 Å². The lowest BCUT2D eigenvalue weighted by Gasteiger charge is -2.23. The van der Waals surface area contributed by atoms with Crippen molar-refractivity contribution in [1.29, 1.82) is 0 Å². The minimum absolute atomic E-state index is 0.0314. The summed E-state index contributed by atoms with van der Waals surface area (Å²) in [5.74, 6) is 0.534. The van der Waals surface area contributed by atoms with Gasteiger partial charge in [-0.3, -0.25) is 0 Å². The molecule has 24 heavy (non-hydrogen) atoms. The van der Waals surface area contributed by atoms with Crippen LogP contribution in [0, 0.1) is 0 Å². The highest BCUT2D eigenvalue weighted by atomic mass is 32.2. The molecule has 1 heterocycles. The van der Waals surface area contributed by atoms with Crippen molar-refractivity contribution in [3.8, 4) is 0 Å². The van der Waals surface area contributed by atoms with Crippen molar-refractivity contribution in [3.63, 3.8) is 0 Å². The van der Waals surface area contributed by atoms with Crippen LogP contribution in [0.15, 0.2) is 24.3 Å². The van der Waals surface area contributed by atoms with Crippen LogP contribution in [0.1, 0.15) is 50.2 Å². The van der Waals surface area contributed by atoms with Crippen LogP contribution in [0.25, 0.3) is 0 Å². The Balaban J connectivity index is 1.78. The van der Waals surface area contributed by atoms with Gasteiger partial charge in [0.05, 0.1) is 6.61 Å². The van der Waals surface area contributed by atoms with Gasteiger partial charge in [-0.05, 0) is 42.7 Å². The van der Waals surface area contributed by atoms with Crippen molar-refractivity contribution < 1.29 is 13.2 Å². The molecular weight excluding hydrogens is 324 g/mol. The van der Waals surface area contributed by atoms with Gasteiger partial charge in [-0.15, -0.1) is 0 Å². The first-order valence-corrected chi connectivity index (χ1v) is 10.2. The zero-order valence-corrected chi connectivity index (χ0v) is 15.8. The fourth-order valence-corrected chi connectivity index (χ4v) is 4.63. The molecule has 5 nitrogen and oxygen atoms in total. The van der Waals surface area contributed by atoms with Crippen molar-refractivity contribution in [2.24, 2.45) is 0 Å². The van der Waals surface area contributed by atoms with E-state index in [2.05, 4.69) is 42.8 Å². The van der Waals surface area contributed by atoms with E-state index in [1.165, 1.54) is 11.1 Å². The first kappa shape index (κ1) is 19.4. The SMILES string of the molecule is COCC1CCCN1S(=O)(=O)NCCCc1ccc(C(C)C)cc1. The zero-order chi connectivity index (χ0) is 17.6. The number of methoxy groups -OCH3 is 1. The molecule has 136 valence electrons. The van der Waals surface area contributed by atoms with Crippen LogP contribution in [0.5, 0.6) is 0 Å². The molecule has 1 atom stereocenters. The first-order chi connectivity index (χ1) is 11.4. The Morgan fingerprint density at radius 2 is 2.00 bits per heavy atom. The summed E-state index contributed by atoms with van der Waals surface area (Å²) in [5.41, 5.74) is 2.58. The molecule has 2 rings (SSSR count). The third kappa shape index (κ3) is 5.28. The van der Waals surface area contributed by atoms with Gasteiger partial charge in [-0.2, -0.15) is 12.7 Å². The Hall–Kier alpha value is -0.950. The minimum atomic E-state index is -3.40. The number of benzene rings is 1. The maximum atomic E-state index is 12.4. The second-order valence-electron chi connectivity index (χ2n) is 6.76. The molecule has 1 aliphatic rings. The largest absolute Gasteiger partial charge is 0.383 e. The molecule has 1 unspecified atom stereocenters. The molecule has 0 aliphatic carbocycles. The lowest BCUT2D eigenvalue weighted by molar-refractivity contribution is 0.148. The highest BCUT2D eigenvalue weighted by molar-refractivity contribution is 7.87. The van der Waals surface area contributed by atoms with Gasteiger partial charge in [0, 0.05) is 26.2 Å². The zero-order valence-electron chi connectivity index (χ0n) is 15.0. The van der Waals surface area contributed by atoms with Gasteiger partial charge >= 0.3 is 0 Å². The quantitative estimate of drug-likeness (QED) is 0.694. The van der Waals surface area contributed by atoms with Crippen molar-refractivity contribution >= 4 is 10.2 Å². The molecule has 1 saturated heterocycles. The number of nitrogens with zero attached hydrogens (tertiary/aromatic N) is 1. The molecule has 6 heteroatoms. The summed E-state index contributed by atoms with van der Waals surface area (Å²) in [6.45, 7) is 5.87. The van der Waals surface area contributed by atoms with E-state index in [1.807, 2.05) is 0 Å². The number of aryl methyl sites for hydroxylation is 1. The normalized spacial score (nSPS) is 19.2. The molecule has 1 aromatic carbocycles. The van der Waals surface area contributed by atoms with Crippen LogP contribution < -0.4 is 4.72 Å². The van der Waals surface area contributed by atoms with E-state index in [-0.39, 0.29) is 6.04 Å². The summed E-state index contributed by atoms with van der Waals surface area (Å²) in [7, 11) is -1.79. The van der Waals surface area contributed by atoms with Crippen molar-refractivity contribution in [3.05, 3.63) is 35.4 Å². The van der Waals surface area contributed by atoms with Gasteiger partial charge in [0.25, 0.3) is 10.2 Å². The van der Waals surface area contributed by atoms with Crippen LogP contribution in [-0.2, 0) is 21.4 Å². The van der Waals surface area contributed by atoms with E-state index >= 15 is 0 Å². The van der Waals surface area contributed by atoms with E-state index in [9.17, 15) is 8.42 Å². The smallest absolute Gasteiger partial charge is 0.279 e. The summed E-state index contributed by atoms with van der Waals surface area (Å²) in [4.78, 5) is 0. The van der Waals surface area contributed by atoms with Gasteiger partial charge in [-0.1, -0.05) is 38.1 Å². The number of nitrogens with one attached hydrogen (secondary N) is 1. The second kappa shape index (κ2) is 8.94. The maximum absolute atomic E-state index is 12.4. The van der Waals surface area contributed by atoms with Gasteiger partial charge in [-0.25, -0.2) is 4.72 Å². The van der Waals surface area contributed by atoms with Gasteiger partial charge in [0.2, 0.25) is 0 Å². The number of hydrogen-bond acceptors (Lipinski definition) is 3. The first-order valence-electron chi connectivity index (χ1n) is 8.78. The molecule has 0 saturated carbocycles.